The van der Waals surface area contributed by atoms with E-state index in [0.29, 0.717) is 17.8 Å². The Morgan fingerprint density at radius 2 is 1.85 bits per heavy atom. The van der Waals surface area contributed by atoms with Gasteiger partial charge < -0.3 is 4.90 Å². The van der Waals surface area contributed by atoms with Crippen LogP contribution in [0.4, 0.5) is 0 Å². The molecule has 0 spiro atoms. The number of carbonyl (C=O) groups is 1. The van der Waals surface area contributed by atoms with Gasteiger partial charge in [-0.1, -0.05) is 38.8 Å². The van der Waals surface area contributed by atoms with Crippen LogP contribution in [0.15, 0.2) is 24.3 Å². The highest BCUT2D eigenvalue weighted by Gasteiger charge is 2.27. The highest BCUT2D eigenvalue weighted by molar-refractivity contribution is 6.17. The molecular formula is C17H24ClNO. The van der Waals surface area contributed by atoms with Crippen molar-refractivity contribution in [3.8, 4) is 0 Å². The number of rotatable bonds is 5. The van der Waals surface area contributed by atoms with Gasteiger partial charge in [0.25, 0.3) is 5.91 Å². The van der Waals surface area contributed by atoms with Crippen LogP contribution in [-0.2, 0) is 5.88 Å². The maximum absolute atomic E-state index is 12.8. The van der Waals surface area contributed by atoms with E-state index in [2.05, 4.69) is 18.7 Å². The summed E-state index contributed by atoms with van der Waals surface area (Å²) in [7, 11) is 0. The maximum Gasteiger partial charge on any atom is 0.254 e. The van der Waals surface area contributed by atoms with Crippen LogP contribution in [0.1, 0.15) is 55.5 Å². The lowest BCUT2D eigenvalue weighted by Gasteiger charge is -2.30. The second-order valence-corrected chi connectivity index (χ2v) is 6.39. The standard InChI is InChI=1S/C17H24ClNO/c1-13(2)12-19(16-5-3-4-6-16)17(20)15-9-7-14(11-18)8-10-15/h7-10,13,16H,3-6,11-12H2,1-2H3. The van der Waals surface area contributed by atoms with Crippen molar-refractivity contribution < 1.29 is 4.79 Å². The summed E-state index contributed by atoms with van der Waals surface area (Å²) in [6.07, 6.45) is 4.80. The topological polar surface area (TPSA) is 20.3 Å². The highest BCUT2D eigenvalue weighted by Crippen LogP contribution is 2.26. The van der Waals surface area contributed by atoms with Crippen LogP contribution in [0.25, 0.3) is 0 Å². The molecule has 1 aliphatic rings. The molecule has 2 nitrogen and oxygen atoms in total. The Morgan fingerprint density at radius 1 is 1.25 bits per heavy atom. The minimum absolute atomic E-state index is 0.173. The molecular weight excluding hydrogens is 270 g/mol. The van der Waals surface area contributed by atoms with E-state index in [1.54, 1.807) is 0 Å². The Hall–Kier alpha value is -1.02. The molecule has 1 aliphatic carbocycles. The monoisotopic (exact) mass is 293 g/mol. The first-order valence-electron chi connectivity index (χ1n) is 7.57. The van der Waals surface area contributed by atoms with Gasteiger partial charge in [0, 0.05) is 24.0 Å². The van der Waals surface area contributed by atoms with Gasteiger partial charge in [-0.15, -0.1) is 11.6 Å². The number of benzene rings is 1. The molecule has 1 aromatic rings. The van der Waals surface area contributed by atoms with Gasteiger partial charge in [0.15, 0.2) is 0 Å². The second kappa shape index (κ2) is 7.12. The zero-order chi connectivity index (χ0) is 14.5. The summed E-state index contributed by atoms with van der Waals surface area (Å²) in [5.74, 6) is 1.17. The van der Waals surface area contributed by atoms with Crippen LogP contribution in [-0.4, -0.2) is 23.4 Å². The Bertz CT molecular complexity index is 435. The molecule has 20 heavy (non-hydrogen) atoms. The predicted molar refractivity (Wildman–Crippen MR) is 84.1 cm³/mol. The van der Waals surface area contributed by atoms with Crippen molar-refractivity contribution >= 4 is 17.5 Å². The molecule has 0 bridgehead atoms. The highest BCUT2D eigenvalue weighted by atomic mass is 35.5. The quantitative estimate of drug-likeness (QED) is 0.734. The molecule has 0 saturated heterocycles. The summed E-state index contributed by atoms with van der Waals surface area (Å²) < 4.78 is 0. The van der Waals surface area contributed by atoms with Gasteiger partial charge >= 0.3 is 0 Å². The minimum Gasteiger partial charge on any atom is -0.335 e. The van der Waals surface area contributed by atoms with Gasteiger partial charge in [0.1, 0.15) is 0 Å². The van der Waals surface area contributed by atoms with Crippen molar-refractivity contribution in [3.63, 3.8) is 0 Å². The van der Waals surface area contributed by atoms with Gasteiger partial charge in [-0.3, -0.25) is 4.79 Å². The van der Waals surface area contributed by atoms with E-state index >= 15 is 0 Å². The van der Waals surface area contributed by atoms with E-state index in [4.69, 9.17) is 11.6 Å². The zero-order valence-electron chi connectivity index (χ0n) is 12.4. The number of amides is 1. The maximum atomic E-state index is 12.8. The fourth-order valence-corrected chi connectivity index (χ4v) is 3.09. The smallest absolute Gasteiger partial charge is 0.254 e. The van der Waals surface area contributed by atoms with E-state index in [1.165, 1.54) is 12.8 Å². The van der Waals surface area contributed by atoms with Crippen LogP contribution >= 0.6 is 11.6 Å². The first-order chi connectivity index (χ1) is 9.61. The van der Waals surface area contributed by atoms with Crippen molar-refractivity contribution in [2.24, 2.45) is 5.92 Å². The van der Waals surface area contributed by atoms with Gasteiger partial charge in [0.05, 0.1) is 0 Å². The summed E-state index contributed by atoms with van der Waals surface area (Å²) in [4.78, 5) is 14.9. The lowest BCUT2D eigenvalue weighted by atomic mass is 10.1. The summed E-state index contributed by atoms with van der Waals surface area (Å²) in [5, 5.41) is 0. The molecule has 3 heteroatoms. The van der Waals surface area contributed by atoms with Gasteiger partial charge in [-0.25, -0.2) is 0 Å². The number of alkyl halides is 1. The fourth-order valence-electron chi connectivity index (χ4n) is 2.91. The molecule has 1 aromatic carbocycles. The molecule has 1 saturated carbocycles. The SMILES string of the molecule is CC(C)CN(C(=O)c1ccc(CCl)cc1)C1CCCC1. The Labute approximate surface area is 127 Å². The molecule has 0 aromatic heterocycles. The molecule has 1 fully saturated rings. The number of carbonyl (C=O) groups excluding carboxylic acids is 1. The molecule has 2 rings (SSSR count). The summed E-state index contributed by atoms with van der Waals surface area (Å²) in [5.41, 5.74) is 1.84. The third-order valence-corrected chi connectivity index (χ3v) is 4.25. The van der Waals surface area contributed by atoms with Gasteiger partial charge in [-0.05, 0) is 36.5 Å². The molecule has 0 N–H and O–H groups in total. The summed E-state index contributed by atoms with van der Waals surface area (Å²) in [6, 6.07) is 8.13. The van der Waals surface area contributed by atoms with Crippen molar-refractivity contribution in [2.45, 2.75) is 51.5 Å². The van der Waals surface area contributed by atoms with Gasteiger partial charge in [-0.2, -0.15) is 0 Å². The van der Waals surface area contributed by atoms with Crippen LogP contribution in [0.2, 0.25) is 0 Å². The largest absolute Gasteiger partial charge is 0.335 e. The van der Waals surface area contributed by atoms with Crippen LogP contribution in [0.5, 0.6) is 0 Å². The first-order valence-corrected chi connectivity index (χ1v) is 8.11. The van der Waals surface area contributed by atoms with Crippen molar-refractivity contribution in [3.05, 3.63) is 35.4 Å². The molecule has 0 unspecified atom stereocenters. The van der Waals surface area contributed by atoms with Crippen molar-refractivity contribution in [1.82, 2.24) is 4.90 Å². The van der Waals surface area contributed by atoms with Crippen molar-refractivity contribution in [1.29, 1.82) is 0 Å². The molecule has 1 amide bonds. The average Bonchev–Trinajstić information content (AvgIpc) is 2.98. The van der Waals surface area contributed by atoms with Crippen LogP contribution in [0.3, 0.4) is 0 Å². The van der Waals surface area contributed by atoms with E-state index in [9.17, 15) is 4.79 Å². The van der Waals surface area contributed by atoms with E-state index in [0.717, 1.165) is 30.5 Å². The average molecular weight is 294 g/mol. The Balaban J connectivity index is 2.15. The number of hydrogen-bond acceptors (Lipinski definition) is 1. The minimum atomic E-state index is 0.173. The molecule has 0 radical (unpaired) electrons. The van der Waals surface area contributed by atoms with Crippen LogP contribution in [0, 0.1) is 5.92 Å². The predicted octanol–water partition coefficient (Wildman–Crippen LogP) is 4.47. The number of nitrogens with zero attached hydrogens (tertiary/aromatic N) is 1. The first kappa shape index (κ1) is 15.4. The fraction of sp³-hybridized carbons (Fsp3) is 0.588. The number of hydrogen-bond donors (Lipinski definition) is 0. The number of halogens is 1. The van der Waals surface area contributed by atoms with E-state index in [1.807, 2.05) is 24.3 Å². The molecule has 0 aliphatic heterocycles. The van der Waals surface area contributed by atoms with Crippen LogP contribution < -0.4 is 0 Å². The normalized spacial score (nSPS) is 15.8. The van der Waals surface area contributed by atoms with E-state index < -0.39 is 0 Å². The third-order valence-electron chi connectivity index (χ3n) is 3.94. The Kier molecular flexibility index (Phi) is 5.47. The van der Waals surface area contributed by atoms with E-state index in [-0.39, 0.29) is 5.91 Å². The lowest BCUT2D eigenvalue weighted by Crippen LogP contribution is -2.41. The summed E-state index contributed by atoms with van der Waals surface area (Å²) in [6.45, 7) is 5.19. The second-order valence-electron chi connectivity index (χ2n) is 6.12. The molecule has 110 valence electrons. The summed E-state index contributed by atoms with van der Waals surface area (Å²) >= 11 is 5.80. The zero-order valence-corrected chi connectivity index (χ0v) is 13.2. The lowest BCUT2D eigenvalue weighted by molar-refractivity contribution is 0.0655. The molecule has 0 heterocycles. The third kappa shape index (κ3) is 3.76. The van der Waals surface area contributed by atoms with Crippen molar-refractivity contribution in [2.75, 3.05) is 6.54 Å². The molecule has 0 atom stereocenters. The Morgan fingerprint density at radius 3 is 2.35 bits per heavy atom. The van der Waals surface area contributed by atoms with Gasteiger partial charge in [0.2, 0.25) is 0 Å².